The Hall–Kier alpha value is -9.22. The molecule has 10 aromatic carbocycles. The molecule has 0 radical (unpaired) electrons. The lowest BCUT2D eigenvalue weighted by Gasteiger charge is -2.15. The lowest BCUT2D eigenvalue weighted by Crippen LogP contribution is -1.93. The molecule has 0 spiro atoms. The zero-order chi connectivity index (χ0) is 44.1. The summed E-state index contributed by atoms with van der Waals surface area (Å²) >= 11 is 0. The third-order valence-electron chi connectivity index (χ3n) is 12.8. The Morgan fingerprint density at radius 3 is 1.27 bits per heavy atom. The fraction of sp³-hybridized carbons (Fsp3) is 0. The molecule has 2 heterocycles. The van der Waals surface area contributed by atoms with Gasteiger partial charge in [-0.15, -0.1) is 0 Å². The molecule has 0 bridgehead atoms. The van der Waals surface area contributed by atoms with Gasteiger partial charge in [-0.1, -0.05) is 164 Å². The van der Waals surface area contributed by atoms with E-state index in [0.29, 0.717) is 11.1 Å². The summed E-state index contributed by atoms with van der Waals surface area (Å²) in [7, 11) is 0. The third-order valence-corrected chi connectivity index (χ3v) is 12.8. The lowest BCUT2D eigenvalue weighted by molar-refractivity contribution is 0.669. The van der Waals surface area contributed by atoms with Crippen molar-refractivity contribution in [1.82, 2.24) is 0 Å². The van der Waals surface area contributed by atoms with E-state index in [2.05, 4.69) is 146 Å². The Labute approximate surface area is 381 Å². The predicted molar refractivity (Wildman–Crippen MR) is 268 cm³/mol. The fourth-order valence-corrected chi connectivity index (χ4v) is 9.67. The second-order valence-corrected chi connectivity index (χ2v) is 16.6. The van der Waals surface area contributed by atoms with Crippen LogP contribution in [0.4, 0.5) is 0 Å². The van der Waals surface area contributed by atoms with Gasteiger partial charge in [-0.05, 0) is 105 Å². The molecule has 12 aromatic rings. The maximum atomic E-state index is 10.6. The molecule has 0 N–H and O–H groups in total. The minimum absolute atomic E-state index is 0.638. The number of fused-ring (bicyclic) bond motifs is 6. The summed E-state index contributed by atoms with van der Waals surface area (Å²) in [5.74, 6) is 0. The van der Waals surface area contributed by atoms with Crippen LogP contribution in [0.2, 0.25) is 0 Å². The zero-order valence-electron chi connectivity index (χ0n) is 35.5. The molecule has 66 heavy (non-hydrogen) atoms. The first kappa shape index (κ1) is 38.5. The highest BCUT2D eigenvalue weighted by atomic mass is 16.3. The summed E-state index contributed by atoms with van der Waals surface area (Å²) in [5.41, 5.74) is 18.0. The van der Waals surface area contributed by atoms with Crippen LogP contribution in [-0.2, 0) is 0 Å². The van der Waals surface area contributed by atoms with Crippen molar-refractivity contribution in [2.45, 2.75) is 0 Å². The molecule has 2 aromatic heterocycles. The molecule has 4 heteroatoms. The van der Waals surface area contributed by atoms with Gasteiger partial charge < -0.3 is 8.83 Å². The summed E-state index contributed by atoms with van der Waals surface area (Å²) in [4.78, 5) is 0. The van der Waals surface area contributed by atoms with E-state index in [9.17, 15) is 10.5 Å². The highest BCUT2D eigenvalue weighted by molar-refractivity contribution is 6.14. The minimum atomic E-state index is 0.638. The Kier molecular flexibility index (Phi) is 9.23. The van der Waals surface area contributed by atoms with Crippen LogP contribution in [0.1, 0.15) is 11.1 Å². The van der Waals surface area contributed by atoms with Crippen molar-refractivity contribution in [2.24, 2.45) is 0 Å². The smallest absolute Gasteiger partial charge is 0.143 e. The second-order valence-electron chi connectivity index (χ2n) is 16.6. The van der Waals surface area contributed by atoms with Crippen LogP contribution in [0.5, 0.6) is 0 Å². The van der Waals surface area contributed by atoms with Crippen LogP contribution >= 0.6 is 0 Å². The molecule has 0 amide bonds. The van der Waals surface area contributed by atoms with Gasteiger partial charge in [0, 0.05) is 49.4 Å². The predicted octanol–water partition coefficient (Wildman–Crippen LogP) is 16.9. The van der Waals surface area contributed by atoms with Crippen LogP contribution in [0.3, 0.4) is 0 Å². The maximum Gasteiger partial charge on any atom is 0.143 e. The standard InChI is InChI=1S/C62H36N2O2/c63-37-56-51(39-15-5-1-6-16-39)32-45(33-52(56)40-17-7-2-8-18-40)47-23-14-26-59-61(47)50-29-27-44(36-60(50)65-59)43-28-30-58-55(31-43)49-25-13-24-48(62(49)66-58)46-34-53(41-19-9-3-10-20-41)57(38-64)54(35-46)42-21-11-4-12-22-42/h1-36H. The number of hydrogen-bond acceptors (Lipinski definition) is 4. The van der Waals surface area contributed by atoms with E-state index in [1.54, 1.807) is 0 Å². The summed E-state index contributed by atoms with van der Waals surface area (Å²) < 4.78 is 13.4. The normalized spacial score (nSPS) is 11.3. The molecule has 0 aliphatic rings. The molecule has 0 saturated carbocycles. The van der Waals surface area contributed by atoms with Crippen LogP contribution in [0, 0.1) is 22.7 Å². The average Bonchev–Trinajstić information content (AvgIpc) is 3.97. The van der Waals surface area contributed by atoms with E-state index in [4.69, 9.17) is 8.83 Å². The van der Waals surface area contributed by atoms with Crippen molar-refractivity contribution in [3.8, 4) is 90.0 Å². The van der Waals surface area contributed by atoms with Gasteiger partial charge in [0.2, 0.25) is 0 Å². The molecule has 0 fully saturated rings. The first-order valence-electron chi connectivity index (χ1n) is 21.9. The van der Waals surface area contributed by atoms with Crippen molar-refractivity contribution in [1.29, 1.82) is 10.5 Å². The van der Waals surface area contributed by atoms with Gasteiger partial charge in [0.25, 0.3) is 0 Å². The van der Waals surface area contributed by atoms with E-state index in [-0.39, 0.29) is 0 Å². The number of hydrogen-bond donors (Lipinski definition) is 0. The van der Waals surface area contributed by atoms with E-state index in [1.165, 1.54) is 0 Å². The zero-order valence-corrected chi connectivity index (χ0v) is 35.5. The fourth-order valence-electron chi connectivity index (χ4n) is 9.67. The quantitative estimate of drug-likeness (QED) is 0.160. The summed E-state index contributed by atoms with van der Waals surface area (Å²) in [5, 5.41) is 25.2. The van der Waals surface area contributed by atoms with Crippen molar-refractivity contribution in [3.05, 3.63) is 230 Å². The molecule has 0 atom stereocenters. The van der Waals surface area contributed by atoms with Crippen molar-refractivity contribution in [2.75, 3.05) is 0 Å². The Morgan fingerprint density at radius 2 is 0.742 bits per heavy atom. The Bertz CT molecular complexity index is 3810. The lowest BCUT2D eigenvalue weighted by atomic mass is 9.87. The largest absolute Gasteiger partial charge is 0.456 e. The van der Waals surface area contributed by atoms with Crippen molar-refractivity contribution >= 4 is 43.9 Å². The molecule has 0 unspecified atom stereocenters. The van der Waals surface area contributed by atoms with Crippen LogP contribution in [-0.4, -0.2) is 0 Å². The highest BCUT2D eigenvalue weighted by Crippen LogP contribution is 2.45. The number of nitriles is 2. The summed E-state index contributed by atoms with van der Waals surface area (Å²) in [6.45, 7) is 0. The molecule has 4 nitrogen and oxygen atoms in total. The van der Waals surface area contributed by atoms with Crippen LogP contribution in [0.25, 0.3) is 122 Å². The molecule has 0 saturated heterocycles. The summed E-state index contributed by atoms with van der Waals surface area (Å²) in [6.07, 6.45) is 0. The highest BCUT2D eigenvalue weighted by Gasteiger charge is 2.21. The van der Waals surface area contributed by atoms with Crippen LogP contribution < -0.4 is 0 Å². The SMILES string of the molecule is N#Cc1c(-c2ccccc2)cc(-c2cccc3c2oc2ccc(-c4ccc5c(c4)oc4cccc(-c6cc(-c7ccccc7)c(C#N)c(-c7ccccc7)c6)c45)cc23)cc1-c1ccccc1. The number of furan rings is 2. The molecule has 306 valence electrons. The first-order valence-corrected chi connectivity index (χ1v) is 21.9. The molecular weight excluding hydrogens is 805 g/mol. The van der Waals surface area contributed by atoms with Gasteiger partial charge in [0.05, 0.1) is 11.1 Å². The third kappa shape index (κ3) is 6.45. The maximum absolute atomic E-state index is 10.6. The number of rotatable bonds is 7. The molecular formula is C62H36N2O2. The Morgan fingerprint density at radius 1 is 0.273 bits per heavy atom. The molecule has 12 rings (SSSR count). The number of benzene rings is 10. The minimum Gasteiger partial charge on any atom is -0.456 e. The first-order chi connectivity index (χ1) is 32.6. The molecule has 0 aliphatic carbocycles. The van der Waals surface area contributed by atoms with E-state index in [0.717, 1.165) is 122 Å². The van der Waals surface area contributed by atoms with E-state index in [1.807, 2.05) is 84.9 Å². The van der Waals surface area contributed by atoms with Gasteiger partial charge >= 0.3 is 0 Å². The summed E-state index contributed by atoms with van der Waals surface area (Å²) in [6, 6.07) is 79.4. The van der Waals surface area contributed by atoms with Crippen molar-refractivity contribution < 1.29 is 8.83 Å². The van der Waals surface area contributed by atoms with Gasteiger partial charge in [-0.3, -0.25) is 0 Å². The number of nitrogens with zero attached hydrogens (tertiary/aromatic N) is 2. The van der Waals surface area contributed by atoms with Gasteiger partial charge in [-0.2, -0.15) is 10.5 Å². The Balaban J connectivity index is 0.974. The topological polar surface area (TPSA) is 73.9 Å². The van der Waals surface area contributed by atoms with Crippen molar-refractivity contribution in [3.63, 3.8) is 0 Å². The monoisotopic (exact) mass is 840 g/mol. The second kappa shape index (κ2) is 15.8. The molecule has 0 aliphatic heterocycles. The van der Waals surface area contributed by atoms with Gasteiger partial charge in [0.1, 0.15) is 34.5 Å². The van der Waals surface area contributed by atoms with E-state index >= 15 is 0 Å². The van der Waals surface area contributed by atoms with Crippen LogP contribution in [0.15, 0.2) is 227 Å². The van der Waals surface area contributed by atoms with Gasteiger partial charge in [-0.25, -0.2) is 0 Å². The number of para-hydroxylation sites is 1. The van der Waals surface area contributed by atoms with E-state index < -0.39 is 0 Å². The van der Waals surface area contributed by atoms with Gasteiger partial charge in [0.15, 0.2) is 0 Å². The average molecular weight is 841 g/mol.